The largest absolute Gasteiger partial charge is 0.476 e. The van der Waals surface area contributed by atoms with E-state index in [1.807, 2.05) is 20.0 Å². The van der Waals surface area contributed by atoms with Crippen LogP contribution in [-0.4, -0.2) is 25.8 Å². The molecule has 0 aromatic carbocycles. The van der Waals surface area contributed by atoms with Gasteiger partial charge in [0.25, 0.3) is 0 Å². The van der Waals surface area contributed by atoms with Crippen LogP contribution in [0.4, 0.5) is 0 Å². The van der Waals surface area contributed by atoms with Crippen molar-refractivity contribution in [1.82, 2.24) is 14.8 Å². The van der Waals surface area contributed by atoms with E-state index in [9.17, 15) is 4.79 Å². The van der Waals surface area contributed by atoms with Crippen molar-refractivity contribution in [3.05, 3.63) is 35.8 Å². The van der Waals surface area contributed by atoms with E-state index >= 15 is 0 Å². The molecule has 2 aromatic heterocycles. The lowest BCUT2D eigenvalue weighted by atomic mass is 10.3. The van der Waals surface area contributed by atoms with E-state index in [2.05, 4.69) is 10.1 Å². The molecule has 2 heterocycles. The molecule has 0 aliphatic rings. The summed E-state index contributed by atoms with van der Waals surface area (Å²) >= 11 is 1.35. The number of carbonyl (C=O) groups is 1. The van der Waals surface area contributed by atoms with Crippen LogP contribution in [0.1, 0.15) is 16.2 Å². The van der Waals surface area contributed by atoms with Crippen LogP contribution in [0.3, 0.4) is 0 Å². The molecule has 0 fully saturated rings. The topological polar surface area (TPSA) is 68.0 Å². The molecule has 1 N–H and O–H groups in total. The van der Waals surface area contributed by atoms with Crippen molar-refractivity contribution in [2.24, 2.45) is 7.05 Å². The van der Waals surface area contributed by atoms with Gasteiger partial charge in [0.2, 0.25) is 0 Å². The molecule has 17 heavy (non-hydrogen) atoms. The molecule has 0 spiro atoms. The Hall–Kier alpha value is -1.82. The molecule has 2 aromatic rings. The Balaban J connectivity index is 2.36. The van der Waals surface area contributed by atoms with Crippen molar-refractivity contribution in [3.63, 3.8) is 0 Å². The van der Waals surface area contributed by atoms with Gasteiger partial charge in [0, 0.05) is 18.1 Å². The van der Waals surface area contributed by atoms with Gasteiger partial charge in [0.15, 0.2) is 5.69 Å². The normalized spacial score (nSPS) is 10.5. The summed E-state index contributed by atoms with van der Waals surface area (Å²) in [4.78, 5) is 15.5. The summed E-state index contributed by atoms with van der Waals surface area (Å²) in [5, 5.41) is 14.1. The average Bonchev–Trinajstić information content (AvgIpc) is 2.58. The first kappa shape index (κ1) is 11.7. The fraction of sp³-hybridized carbons (Fsp3) is 0.182. The number of aryl methyl sites for hydroxylation is 2. The van der Waals surface area contributed by atoms with Crippen LogP contribution < -0.4 is 0 Å². The summed E-state index contributed by atoms with van der Waals surface area (Å²) in [6.07, 6.45) is 1.47. The molecule has 0 amide bonds. The predicted octanol–water partition coefficient (Wildman–Crippen LogP) is 1.97. The molecule has 0 saturated carbocycles. The van der Waals surface area contributed by atoms with E-state index in [0.29, 0.717) is 4.90 Å². The highest BCUT2D eigenvalue weighted by Gasteiger charge is 2.13. The number of rotatable bonds is 3. The molecule has 0 aliphatic carbocycles. The van der Waals surface area contributed by atoms with Gasteiger partial charge in [-0.05, 0) is 25.1 Å². The number of nitrogens with zero attached hydrogens (tertiary/aromatic N) is 3. The van der Waals surface area contributed by atoms with Gasteiger partial charge in [-0.15, -0.1) is 0 Å². The van der Waals surface area contributed by atoms with Gasteiger partial charge in [-0.25, -0.2) is 9.78 Å². The Morgan fingerprint density at radius 2 is 2.29 bits per heavy atom. The van der Waals surface area contributed by atoms with Crippen LogP contribution in [0.2, 0.25) is 0 Å². The Labute approximate surface area is 102 Å². The molecule has 6 heteroatoms. The van der Waals surface area contributed by atoms with Crippen LogP contribution in [0.25, 0.3) is 0 Å². The molecule has 0 unspecified atom stereocenters. The van der Waals surface area contributed by atoms with E-state index in [1.165, 1.54) is 18.0 Å². The zero-order valence-electron chi connectivity index (χ0n) is 9.41. The molecule has 0 bridgehead atoms. The molecule has 0 atom stereocenters. The molecule has 2 rings (SSSR count). The van der Waals surface area contributed by atoms with Crippen molar-refractivity contribution in [3.8, 4) is 0 Å². The molecular weight excluding hydrogens is 238 g/mol. The highest BCUT2D eigenvalue weighted by atomic mass is 32.2. The number of carboxylic acids is 1. The smallest absolute Gasteiger partial charge is 0.355 e. The van der Waals surface area contributed by atoms with E-state index in [4.69, 9.17) is 5.11 Å². The second kappa shape index (κ2) is 4.58. The maximum absolute atomic E-state index is 11.0. The van der Waals surface area contributed by atoms with Crippen LogP contribution >= 0.6 is 11.8 Å². The number of carboxylic acid groups (broad SMARTS) is 1. The van der Waals surface area contributed by atoms with E-state index < -0.39 is 5.97 Å². The van der Waals surface area contributed by atoms with Gasteiger partial charge in [0.1, 0.15) is 0 Å². The van der Waals surface area contributed by atoms with E-state index in [-0.39, 0.29) is 5.69 Å². The maximum atomic E-state index is 11.0. The van der Waals surface area contributed by atoms with Crippen molar-refractivity contribution in [1.29, 1.82) is 0 Å². The Bertz CT molecular complexity index is 566. The quantitative estimate of drug-likeness (QED) is 0.900. The molecule has 5 nitrogen and oxygen atoms in total. The highest BCUT2D eigenvalue weighted by molar-refractivity contribution is 7.99. The first-order valence-electron chi connectivity index (χ1n) is 4.94. The Morgan fingerprint density at radius 1 is 1.53 bits per heavy atom. The number of hydrogen-bond acceptors (Lipinski definition) is 4. The molecule has 88 valence electrons. The fourth-order valence-corrected chi connectivity index (χ4v) is 2.44. The van der Waals surface area contributed by atoms with Gasteiger partial charge in [-0.3, -0.25) is 4.68 Å². The second-order valence-corrected chi connectivity index (χ2v) is 4.57. The molecular formula is C11H11N3O2S. The summed E-state index contributed by atoms with van der Waals surface area (Å²) in [5.74, 6) is -1.02. The van der Waals surface area contributed by atoms with E-state index in [0.717, 1.165) is 10.7 Å². The summed E-state index contributed by atoms with van der Waals surface area (Å²) in [6.45, 7) is 1.89. The summed E-state index contributed by atoms with van der Waals surface area (Å²) in [6, 6.07) is 5.37. The minimum atomic E-state index is -1.02. The highest BCUT2D eigenvalue weighted by Crippen LogP contribution is 2.29. The maximum Gasteiger partial charge on any atom is 0.355 e. The SMILES string of the molecule is Cc1cc(Sc2cccnc2C(=O)O)n(C)n1. The van der Waals surface area contributed by atoms with E-state index in [1.54, 1.807) is 16.8 Å². The average molecular weight is 249 g/mol. The lowest BCUT2D eigenvalue weighted by Crippen LogP contribution is -2.02. The van der Waals surface area contributed by atoms with Crippen LogP contribution in [0.15, 0.2) is 34.3 Å². The standard InChI is InChI=1S/C11H11N3O2S/c1-7-6-9(14(2)13-7)17-8-4-3-5-12-10(8)11(15)16/h3-6H,1-2H3,(H,15,16). The third-order valence-corrected chi connectivity index (χ3v) is 3.29. The minimum absolute atomic E-state index is 0.0661. The lowest BCUT2D eigenvalue weighted by Gasteiger charge is -2.04. The van der Waals surface area contributed by atoms with Crippen LogP contribution in [0.5, 0.6) is 0 Å². The van der Waals surface area contributed by atoms with Gasteiger partial charge in [-0.2, -0.15) is 5.10 Å². The molecule has 0 radical (unpaired) electrons. The van der Waals surface area contributed by atoms with Crippen molar-refractivity contribution < 1.29 is 9.90 Å². The summed E-state index contributed by atoms with van der Waals surface area (Å²) in [7, 11) is 1.83. The number of aromatic nitrogens is 3. The Kier molecular flexibility index (Phi) is 3.14. The molecule has 0 aliphatic heterocycles. The first-order chi connectivity index (χ1) is 8.08. The molecule has 0 saturated heterocycles. The monoisotopic (exact) mass is 249 g/mol. The predicted molar refractivity (Wildman–Crippen MR) is 63.3 cm³/mol. The lowest BCUT2D eigenvalue weighted by molar-refractivity contribution is 0.0686. The third-order valence-electron chi connectivity index (χ3n) is 2.15. The zero-order valence-corrected chi connectivity index (χ0v) is 10.2. The minimum Gasteiger partial charge on any atom is -0.476 e. The number of aromatic carboxylic acids is 1. The van der Waals surface area contributed by atoms with Gasteiger partial charge >= 0.3 is 5.97 Å². The number of hydrogen-bond donors (Lipinski definition) is 1. The van der Waals surface area contributed by atoms with Gasteiger partial charge < -0.3 is 5.11 Å². The zero-order chi connectivity index (χ0) is 12.4. The summed E-state index contributed by atoms with van der Waals surface area (Å²) in [5.41, 5.74) is 0.965. The van der Waals surface area contributed by atoms with Crippen molar-refractivity contribution in [2.75, 3.05) is 0 Å². The Morgan fingerprint density at radius 3 is 2.88 bits per heavy atom. The van der Waals surface area contributed by atoms with Gasteiger partial charge in [-0.1, -0.05) is 11.8 Å². The second-order valence-electron chi connectivity index (χ2n) is 3.50. The van der Waals surface area contributed by atoms with Crippen molar-refractivity contribution >= 4 is 17.7 Å². The van der Waals surface area contributed by atoms with Gasteiger partial charge in [0.05, 0.1) is 10.7 Å². The van der Waals surface area contributed by atoms with Crippen LogP contribution in [0, 0.1) is 6.92 Å². The third kappa shape index (κ3) is 2.47. The summed E-state index contributed by atoms with van der Waals surface area (Å²) < 4.78 is 1.72. The number of pyridine rings is 1. The first-order valence-corrected chi connectivity index (χ1v) is 5.76. The van der Waals surface area contributed by atoms with Crippen molar-refractivity contribution in [2.45, 2.75) is 16.8 Å². The fourth-order valence-electron chi connectivity index (χ4n) is 1.43. The van der Waals surface area contributed by atoms with Crippen LogP contribution in [-0.2, 0) is 7.05 Å².